The molecule has 2 N–H and O–H groups in total. The number of nitrogens with zero attached hydrogens (tertiary/aromatic N) is 3. The molecular formula is C23H31N4O3. The Morgan fingerprint density at radius 3 is 2.50 bits per heavy atom. The van der Waals surface area contributed by atoms with Crippen LogP contribution in [-0.4, -0.2) is 73.2 Å². The standard InChI is InChI=1S/C23H31N4O3/c24-20(28)21-26-11-1-3-19(26)22(29)27(21)18-6-4-17(5-7-18)23(8-2-9-23)10-12-25-13-15-30-16-14-25/h3-7,19,21H,1-2,8-16H2,(H2,24,28)/t19-,21?/m0/s1. The number of carbonyl (C=O) groups is 2. The number of hydrogen-bond acceptors (Lipinski definition) is 5. The van der Waals surface area contributed by atoms with Crippen LogP contribution in [0.4, 0.5) is 5.69 Å². The first-order valence-electron chi connectivity index (χ1n) is 11.2. The number of rotatable bonds is 6. The predicted octanol–water partition coefficient (Wildman–Crippen LogP) is 1.27. The summed E-state index contributed by atoms with van der Waals surface area (Å²) in [4.78, 5) is 31.1. The first-order chi connectivity index (χ1) is 14.6. The van der Waals surface area contributed by atoms with Crippen LogP contribution in [0.2, 0.25) is 0 Å². The van der Waals surface area contributed by atoms with Gasteiger partial charge in [-0.15, -0.1) is 0 Å². The summed E-state index contributed by atoms with van der Waals surface area (Å²) in [5, 5.41) is 0. The van der Waals surface area contributed by atoms with Crippen LogP contribution in [-0.2, 0) is 19.7 Å². The molecule has 1 aromatic rings. The molecule has 2 amide bonds. The van der Waals surface area contributed by atoms with Gasteiger partial charge in [0.2, 0.25) is 5.91 Å². The van der Waals surface area contributed by atoms with Crippen molar-refractivity contribution in [2.45, 2.75) is 49.7 Å². The highest BCUT2D eigenvalue weighted by molar-refractivity contribution is 6.06. The first kappa shape index (κ1) is 20.0. The first-order valence-corrected chi connectivity index (χ1v) is 11.2. The third kappa shape index (κ3) is 3.33. The van der Waals surface area contributed by atoms with E-state index in [1.54, 1.807) is 4.90 Å². The van der Waals surface area contributed by atoms with Gasteiger partial charge < -0.3 is 10.5 Å². The van der Waals surface area contributed by atoms with E-state index in [0.29, 0.717) is 6.54 Å². The van der Waals surface area contributed by atoms with E-state index in [0.717, 1.165) is 51.4 Å². The summed E-state index contributed by atoms with van der Waals surface area (Å²) in [6.07, 6.45) is 6.98. The van der Waals surface area contributed by atoms with E-state index in [4.69, 9.17) is 10.5 Å². The van der Waals surface area contributed by atoms with Gasteiger partial charge in [-0.05, 0) is 61.8 Å². The van der Waals surface area contributed by atoms with Crippen LogP contribution < -0.4 is 10.6 Å². The molecule has 0 spiro atoms. The third-order valence-electron chi connectivity index (χ3n) is 7.52. The normalized spacial score (nSPS) is 29.1. The molecule has 4 aliphatic rings. The van der Waals surface area contributed by atoms with Gasteiger partial charge in [-0.25, -0.2) is 0 Å². The number of fused-ring (bicyclic) bond motifs is 1. The maximum absolute atomic E-state index is 13.0. The average molecular weight is 412 g/mol. The third-order valence-corrected chi connectivity index (χ3v) is 7.52. The zero-order valence-electron chi connectivity index (χ0n) is 17.5. The van der Waals surface area contributed by atoms with E-state index in [-0.39, 0.29) is 17.4 Å². The van der Waals surface area contributed by atoms with Gasteiger partial charge in [0.1, 0.15) is 0 Å². The number of morpholine rings is 1. The van der Waals surface area contributed by atoms with Crippen molar-refractivity contribution >= 4 is 17.5 Å². The van der Waals surface area contributed by atoms with Gasteiger partial charge in [-0.1, -0.05) is 18.6 Å². The monoisotopic (exact) mass is 411 g/mol. The van der Waals surface area contributed by atoms with Gasteiger partial charge >= 0.3 is 0 Å². The summed E-state index contributed by atoms with van der Waals surface area (Å²) in [5.74, 6) is -0.513. The van der Waals surface area contributed by atoms with Crippen LogP contribution >= 0.6 is 0 Å². The zero-order valence-corrected chi connectivity index (χ0v) is 17.5. The van der Waals surface area contributed by atoms with Crippen molar-refractivity contribution in [3.8, 4) is 0 Å². The van der Waals surface area contributed by atoms with Crippen LogP contribution in [0.25, 0.3) is 0 Å². The van der Waals surface area contributed by atoms with Crippen molar-refractivity contribution in [2.24, 2.45) is 5.73 Å². The van der Waals surface area contributed by atoms with Gasteiger partial charge in [-0.2, -0.15) is 0 Å². The molecule has 1 unspecified atom stereocenters. The summed E-state index contributed by atoms with van der Waals surface area (Å²) >= 11 is 0. The largest absolute Gasteiger partial charge is 0.379 e. The minimum atomic E-state index is -0.689. The van der Waals surface area contributed by atoms with Crippen molar-refractivity contribution in [3.05, 3.63) is 36.2 Å². The molecule has 5 rings (SSSR count). The molecule has 2 atom stereocenters. The van der Waals surface area contributed by atoms with Crippen LogP contribution in [0.3, 0.4) is 0 Å². The molecule has 4 fully saturated rings. The molecule has 3 saturated heterocycles. The molecule has 0 bridgehead atoms. The minimum absolute atomic E-state index is 0.0466. The zero-order chi connectivity index (χ0) is 20.7. The van der Waals surface area contributed by atoms with Crippen molar-refractivity contribution < 1.29 is 14.3 Å². The lowest BCUT2D eigenvalue weighted by molar-refractivity contribution is -0.122. The Labute approximate surface area is 178 Å². The van der Waals surface area contributed by atoms with Crippen LogP contribution in [0, 0.1) is 6.42 Å². The molecule has 7 heteroatoms. The van der Waals surface area contributed by atoms with E-state index < -0.39 is 12.1 Å². The second-order valence-electron chi connectivity index (χ2n) is 9.08. The Morgan fingerprint density at radius 1 is 1.13 bits per heavy atom. The Morgan fingerprint density at radius 2 is 1.87 bits per heavy atom. The smallest absolute Gasteiger partial charge is 0.255 e. The summed E-state index contributed by atoms with van der Waals surface area (Å²) < 4.78 is 5.47. The quantitative estimate of drug-likeness (QED) is 0.763. The van der Waals surface area contributed by atoms with Crippen LogP contribution in [0.5, 0.6) is 0 Å². The number of nitrogens with two attached hydrogens (primary N) is 1. The van der Waals surface area contributed by atoms with Gasteiger partial charge in [0.25, 0.3) is 5.91 Å². The van der Waals surface area contributed by atoms with Gasteiger partial charge in [0, 0.05) is 25.3 Å². The number of carbonyl (C=O) groups excluding carboxylic acids is 2. The molecule has 1 aliphatic carbocycles. The maximum Gasteiger partial charge on any atom is 0.255 e. The van der Waals surface area contributed by atoms with Crippen LogP contribution in [0.15, 0.2) is 24.3 Å². The average Bonchev–Trinajstić information content (AvgIpc) is 3.30. The SMILES string of the molecule is NC(=O)C1N(c2ccc(C3(CCN4CCOCC4)CCC3)cc2)C(=O)[C@@H]2[CH]CCN12. The van der Waals surface area contributed by atoms with Gasteiger partial charge in [0.05, 0.1) is 19.3 Å². The fraction of sp³-hybridized carbons (Fsp3) is 0.609. The highest BCUT2D eigenvalue weighted by Gasteiger charge is 2.51. The number of primary amides is 1. The van der Waals surface area contributed by atoms with Crippen molar-refractivity contribution in [1.82, 2.24) is 9.80 Å². The number of ether oxygens (including phenoxy) is 1. The molecule has 3 heterocycles. The molecule has 1 radical (unpaired) electrons. The van der Waals surface area contributed by atoms with Crippen molar-refractivity contribution in [2.75, 3.05) is 44.3 Å². The lowest BCUT2D eigenvalue weighted by Crippen LogP contribution is -2.49. The second kappa shape index (κ2) is 7.94. The number of anilines is 1. The van der Waals surface area contributed by atoms with E-state index in [2.05, 4.69) is 17.0 Å². The van der Waals surface area contributed by atoms with E-state index in [1.165, 1.54) is 24.8 Å². The molecule has 0 aromatic heterocycles. The van der Waals surface area contributed by atoms with Gasteiger partial charge in [-0.3, -0.25) is 24.3 Å². The summed E-state index contributed by atoms with van der Waals surface area (Å²) in [7, 11) is 0. The maximum atomic E-state index is 13.0. The Hall–Kier alpha value is -1.96. The number of hydrogen-bond donors (Lipinski definition) is 1. The minimum Gasteiger partial charge on any atom is -0.379 e. The molecular weight excluding hydrogens is 380 g/mol. The van der Waals surface area contributed by atoms with E-state index >= 15 is 0 Å². The Kier molecular flexibility index (Phi) is 5.29. The Balaban J connectivity index is 1.33. The fourth-order valence-corrected chi connectivity index (χ4v) is 5.60. The molecule has 7 nitrogen and oxygen atoms in total. The highest BCUT2D eigenvalue weighted by atomic mass is 16.5. The van der Waals surface area contributed by atoms with Crippen LogP contribution in [0.1, 0.15) is 37.7 Å². The Bertz CT molecular complexity index is 801. The number of benzene rings is 1. The summed E-state index contributed by atoms with van der Waals surface area (Å²) in [5.41, 5.74) is 8.03. The summed E-state index contributed by atoms with van der Waals surface area (Å²) in [6, 6.07) is 7.99. The number of amides is 2. The molecule has 1 saturated carbocycles. The fourth-order valence-electron chi connectivity index (χ4n) is 5.60. The summed E-state index contributed by atoms with van der Waals surface area (Å²) in [6.45, 7) is 5.52. The lowest BCUT2D eigenvalue weighted by Gasteiger charge is -2.44. The van der Waals surface area contributed by atoms with Gasteiger partial charge in [0.15, 0.2) is 6.17 Å². The van der Waals surface area contributed by atoms with E-state index in [9.17, 15) is 9.59 Å². The lowest BCUT2D eigenvalue weighted by atomic mass is 9.62. The van der Waals surface area contributed by atoms with E-state index in [1.807, 2.05) is 23.5 Å². The molecule has 161 valence electrons. The van der Waals surface area contributed by atoms with Crippen molar-refractivity contribution in [1.29, 1.82) is 0 Å². The molecule has 30 heavy (non-hydrogen) atoms. The highest BCUT2D eigenvalue weighted by Crippen LogP contribution is 2.47. The van der Waals surface area contributed by atoms with Crippen molar-refractivity contribution in [3.63, 3.8) is 0 Å². The topological polar surface area (TPSA) is 79.1 Å². The second-order valence-corrected chi connectivity index (χ2v) is 9.08. The molecule has 3 aliphatic heterocycles. The predicted molar refractivity (Wildman–Crippen MR) is 114 cm³/mol. The molecule has 1 aromatic carbocycles.